The molecule has 1 aliphatic carbocycles. The first-order valence-corrected chi connectivity index (χ1v) is 9.91. The summed E-state index contributed by atoms with van der Waals surface area (Å²) in [7, 11) is 0. The molecule has 3 amide bonds. The van der Waals surface area contributed by atoms with Gasteiger partial charge >= 0.3 is 0 Å². The number of hydrogen-bond acceptors (Lipinski definition) is 5. The third-order valence-electron chi connectivity index (χ3n) is 5.22. The van der Waals surface area contributed by atoms with Gasteiger partial charge in [0, 0.05) is 11.8 Å². The molecule has 3 rings (SSSR count). The first-order chi connectivity index (χ1) is 14.0. The van der Waals surface area contributed by atoms with Crippen LogP contribution in [0.4, 0.5) is 5.69 Å². The number of anilines is 1. The van der Waals surface area contributed by atoms with E-state index in [1.165, 1.54) is 18.7 Å². The van der Waals surface area contributed by atoms with Gasteiger partial charge in [-0.05, 0) is 24.0 Å². The van der Waals surface area contributed by atoms with Gasteiger partial charge in [0.1, 0.15) is 6.04 Å². The first-order valence-electron chi connectivity index (χ1n) is 9.91. The molecule has 1 aromatic carbocycles. The second kappa shape index (κ2) is 9.86. The van der Waals surface area contributed by atoms with Crippen molar-refractivity contribution in [3.63, 3.8) is 0 Å². The first kappa shape index (κ1) is 20.6. The van der Waals surface area contributed by atoms with Crippen LogP contribution in [0.3, 0.4) is 0 Å². The van der Waals surface area contributed by atoms with Gasteiger partial charge in [-0.15, -0.1) is 0 Å². The lowest BCUT2D eigenvalue weighted by Crippen LogP contribution is -2.45. The lowest BCUT2D eigenvalue weighted by Gasteiger charge is -2.26. The van der Waals surface area contributed by atoms with Crippen molar-refractivity contribution in [2.45, 2.75) is 51.0 Å². The number of nitrogens with two attached hydrogens (primary N) is 1. The van der Waals surface area contributed by atoms with Crippen molar-refractivity contribution >= 4 is 23.4 Å². The Morgan fingerprint density at radius 2 is 1.90 bits per heavy atom. The summed E-state index contributed by atoms with van der Waals surface area (Å²) in [6.07, 6.45) is 7.51. The number of para-hydroxylation sites is 1. The number of nitrogens with one attached hydrogen (secondary N) is 2. The molecule has 0 aliphatic heterocycles. The topological polar surface area (TPSA) is 127 Å². The fraction of sp³-hybridized carbons (Fsp3) is 0.429. The minimum Gasteiger partial charge on any atom is -0.369 e. The molecule has 0 radical (unpaired) electrons. The Kier molecular flexibility index (Phi) is 6.99. The van der Waals surface area contributed by atoms with Gasteiger partial charge in [0.05, 0.1) is 12.6 Å². The zero-order valence-corrected chi connectivity index (χ0v) is 16.2. The summed E-state index contributed by atoms with van der Waals surface area (Å²) in [6.45, 7) is 0. The third kappa shape index (κ3) is 5.91. The van der Waals surface area contributed by atoms with Crippen LogP contribution >= 0.6 is 0 Å². The Hall–Kier alpha value is -3.16. The maximum absolute atomic E-state index is 13.0. The normalized spacial score (nSPS) is 15.4. The molecule has 1 aromatic heterocycles. The summed E-state index contributed by atoms with van der Waals surface area (Å²) >= 11 is 0. The number of rotatable bonds is 8. The molecule has 154 valence electrons. The number of carbonyl (C=O) groups is 3. The Labute approximate surface area is 169 Å². The minimum atomic E-state index is -0.725. The largest absolute Gasteiger partial charge is 0.369 e. The Morgan fingerprint density at radius 3 is 2.59 bits per heavy atom. The number of primary amides is 1. The summed E-state index contributed by atoms with van der Waals surface area (Å²) in [5, 5.41) is 9.16. The maximum atomic E-state index is 13.0. The zero-order valence-electron chi connectivity index (χ0n) is 16.2. The van der Waals surface area contributed by atoms with Gasteiger partial charge in [0.25, 0.3) is 5.91 Å². The number of aromatic nitrogens is 1. The highest BCUT2D eigenvalue weighted by Crippen LogP contribution is 2.28. The quantitative estimate of drug-likeness (QED) is 0.629. The fourth-order valence-electron chi connectivity index (χ4n) is 3.75. The number of amides is 3. The number of carbonyl (C=O) groups excluding carboxylic acids is 3. The maximum Gasteiger partial charge on any atom is 0.290 e. The van der Waals surface area contributed by atoms with Crippen LogP contribution < -0.4 is 16.4 Å². The van der Waals surface area contributed by atoms with E-state index in [-0.39, 0.29) is 18.1 Å². The highest BCUT2D eigenvalue weighted by molar-refractivity contribution is 6.00. The molecule has 0 saturated heterocycles. The van der Waals surface area contributed by atoms with Crippen molar-refractivity contribution in [3.05, 3.63) is 47.9 Å². The van der Waals surface area contributed by atoms with Crippen molar-refractivity contribution in [3.8, 4) is 0 Å². The summed E-state index contributed by atoms with van der Waals surface area (Å²) in [6, 6.07) is 7.72. The fourth-order valence-corrected chi connectivity index (χ4v) is 3.75. The number of hydrogen-bond donors (Lipinski definition) is 3. The predicted molar refractivity (Wildman–Crippen MR) is 107 cm³/mol. The monoisotopic (exact) mass is 398 g/mol. The van der Waals surface area contributed by atoms with Crippen molar-refractivity contribution in [2.24, 2.45) is 11.7 Å². The molecule has 8 heteroatoms. The molecule has 1 aliphatic rings. The average molecular weight is 398 g/mol. The van der Waals surface area contributed by atoms with E-state index in [9.17, 15) is 14.4 Å². The molecule has 1 saturated carbocycles. The second-order valence-electron chi connectivity index (χ2n) is 7.43. The van der Waals surface area contributed by atoms with Gasteiger partial charge in [-0.1, -0.05) is 55.5 Å². The number of nitrogens with zero attached hydrogens (tertiary/aromatic N) is 1. The van der Waals surface area contributed by atoms with Crippen LogP contribution in [0.25, 0.3) is 0 Å². The van der Waals surface area contributed by atoms with E-state index in [1.54, 1.807) is 24.3 Å². The standard InChI is InChI=1S/C21H26N4O4/c22-19(26)13-15-8-4-5-9-16(15)24-20(27)17(12-14-6-2-1-3-7-14)25-21(28)18-10-11-23-29-18/h4-5,8-11,14,17H,1-3,6-7,12-13H2,(H2,22,26)(H,24,27)(H,25,28)/t17-/m0/s1. The van der Waals surface area contributed by atoms with Crippen LogP contribution in [0.15, 0.2) is 41.1 Å². The Balaban J connectivity index is 1.74. The molecule has 0 unspecified atom stereocenters. The van der Waals surface area contributed by atoms with Crippen LogP contribution in [0, 0.1) is 5.92 Å². The van der Waals surface area contributed by atoms with Crippen LogP contribution in [-0.2, 0) is 16.0 Å². The van der Waals surface area contributed by atoms with E-state index in [0.717, 1.165) is 25.7 Å². The highest BCUT2D eigenvalue weighted by atomic mass is 16.5. The Bertz CT molecular complexity index is 844. The van der Waals surface area contributed by atoms with Crippen LogP contribution in [0.1, 0.15) is 54.6 Å². The lowest BCUT2D eigenvalue weighted by molar-refractivity contribution is -0.119. The smallest absolute Gasteiger partial charge is 0.290 e. The summed E-state index contributed by atoms with van der Waals surface area (Å²) in [5.41, 5.74) is 6.45. The van der Waals surface area contributed by atoms with Gasteiger partial charge in [-0.3, -0.25) is 14.4 Å². The van der Waals surface area contributed by atoms with E-state index in [2.05, 4.69) is 15.8 Å². The molecule has 1 atom stereocenters. The van der Waals surface area contributed by atoms with Gasteiger partial charge < -0.3 is 20.9 Å². The molecular weight excluding hydrogens is 372 g/mol. The van der Waals surface area contributed by atoms with E-state index in [0.29, 0.717) is 23.6 Å². The van der Waals surface area contributed by atoms with Gasteiger partial charge in [-0.2, -0.15) is 0 Å². The molecule has 8 nitrogen and oxygen atoms in total. The average Bonchev–Trinajstić information content (AvgIpc) is 3.24. The zero-order chi connectivity index (χ0) is 20.6. The third-order valence-corrected chi connectivity index (χ3v) is 5.22. The number of benzene rings is 1. The van der Waals surface area contributed by atoms with Crippen LogP contribution in [0.2, 0.25) is 0 Å². The van der Waals surface area contributed by atoms with Crippen molar-refractivity contribution < 1.29 is 18.9 Å². The molecule has 29 heavy (non-hydrogen) atoms. The summed E-state index contributed by atoms with van der Waals surface area (Å²) in [5.74, 6) is -0.871. The SMILES string of the molecule is NC(=O)Cc1ccccc1NC(=O)[C@H](CC1CCCCC1)NC(=O)c1ccno1. The van der Waals surface area contributed by atoms with Gasteiger partial charge in [0.2, 0.25) is 17.6 Å². The van der Waals surface area contributed by atoms with Crippen molar-refractivity contribution in [2.75, 3.05) is 5.32 Å². The summed E-state index contributed by atoms with van der Waals surface area (Å²) in [4.78, 5) is 36.8. The van der Waals surface area contributed by atoms with Crippen LogP contribution in [-0.4, -0.2) is 28.9 Å². The van der Waals surface area contributed by atoms with Crippen molar-refractivity contribution in [1.29, 1.82) is 0 Å². The molecule has 1 fully saturated rings. The highest BCUT2D eigenvalue weighted by Gasteiger charge is 2.27. The van der Waals surface area contributed by atoms with E-state index in [1.807, 2.05) is 0 Å². The molecule has 0 spiro atoms. The minimum absolute atomic E-state index is 0.0220. The van der Waals surface area contributed by atoms with Crippen molar-refractivity contribution in [1.82, 2.24) is 10.5 Å². The van der Waals surface area contributed by atoms with E-state index >= 15 is 0 Å². The molecule has 0 bridgehead atoms. The molecule has 4 N–H and O–H groups in total. The predicted octanol–water partition coefficient (Wildman–Crippen LogP) is 2.41. The van der Waals surface area contributed by atoms with E-state index in [4.69, 9.17) is 10.3 Å². The van der Waals surface area contributed by atoms with Crippen LogP contribution in [0.5, 0.6) is 0 Å². The van der Waals surface area contributed by atoms with E-state index < -0.39 is 17.9 Å². The van der Waals surface area contributed by atoms with Gasteiger partial charge in [-0.25, -0.2) is 0 Å². The lowest BCUT2D eigenvalue weighted by atomic mass is 9.84. The summed E-state index contributed by atoms with van der Waals surface area (Å²) < 4.78 is 4.90. The Morgan fingerprint density at radius 1 is 1.14 bits per heavy atom. The molecular formula is C21H26N4O4. The second-order valence-corrected chi connectivity index (χ2v) is 7.43. The van der Waals surface area contributed by atoms with Gasteiger partial charge in [0.15, 0.2) is 0 Å². The molecule has 2 aromatic rings. The molecule has 1 heterocycles.